The Morgan fingerprint density at radius 2 is 0.629 bits per heavy atom. The molecule has 0 N–H and O–H groups in total. The molecular weight excluding hydrogens is 791 g/mol. The minimum Gasteiger partial charge on any atom is -0.208 e. The summed E-state index contributed by atoms with van der Waals surface area (Å²) in [5.41, 5.74) is 11.9. The lowest BCUT2D eigenvalue weighted by molar-refractivity contribution is 1.08. The van der Waals surface area contributed by atoms with Crippen molar-refractivity contribution in [1.29, 1.82) is 0 Å². The van der Waals surface area contributed by atoms with Crippen LogP contribution in [0, 0.1) is 0 Å². The number of thiophene rings is 2. The van der Waals surface area contributed by atoms with E-state index in [1.165, 1.54) is 30.9 Å². The molecule has 3 aromatic heterocycles. The van der Waals surface area contributed by atoms with Crippen molar-refractivity contribution in [1.82, 2.24) is 15.0 Å². The van der Waals surface area contributed by atoms with Crippen LogP contribution in [0.3, 0.4) is 0 Å². The van der Waals surface area contributed by atoms with Crippen LogP contribution in [0.25, 0.3) is 119 Å². The Labute approximate surface area is 366 Å². The van der Waals surface area contributed by atoms with E-state index >= 15 is 0 Å². The van der Waals surface area contributed by atoms with E-state index in [1.54, 1.807) is 22.7 Å². The summed E-state index contributed by atoms with van der Waals surface area (Å²) in [6.45, 7) is 0. The summed E-state index contributed by atoms with van der Waals surface area (Å²) < 4.78 is 4.80. The maximum absolute atomic E-state index is 5.56. The molecule has 12 aromatic rings. The zero-order valence-electron chi connectivity index (χ0n) is 33.4. The molecule has 9 aromatic carbocycles. The van der Waals surface area contributed by atoms with Gasteiger partial charge in [0.05, 0.1) is 0 Å². The van der Waals surface area contributed by atoms with Crippen molar-refractivity contribution in [3.05, 3.63) is 212 Å². The van der Waals surface area contributed by atoms with Crippen LogP contribution in [-0.2, 0) is 0 Å². The molecule has 3 heterocycles. The Kier molecular flexibility index (Phi) is 8.87. The molecule has 3 nitrogen and oxygen atoms in total. The first kappa shape index (κ1) is 36.3. The summed E-state index contributed by atoms with van der Waals surface area (Å²) in [7, 11) is 0. The largest absolute Gasteiger partial charge is 0.208 e. The van der Waals surface area contributed by atoms with Crippen molar-refractivity contribution in [2.45, 2.75) is 0 Å². The summed E-state index contributed by atoms with van der Waals surface area (Å²) in [6.07, 6.45) is 0. The number of rotatable bonds is 7. The molecule has 0 unspecified atom stereocenters. The molecule has 290 valence electrons. The van der Waals surface area contributed by atoms with E-state index in [0.717, 1.165) is 70.6 Å². The van der Waals surface area contributed by atoms with Gasteiger partial charge in [0.2, 0.25) is 0 Å². The van der Waals surface area contributed by atoms with E-state index in [9.17, 15) is 0 Å². The van der Waals surface area contributed by atoms with Gasteiger partial charge in [-0.25, -0.2) is 15.0 Å². The molecule has 0 aliphatic carbocycles. The van der Waals surface area contributed by atoms with Gasteiger partial charge in [0.1, 0.15) is 0 Å². The highest BCUT2D eigenvalue weighted by Gasteiger charge is 2.25. The minimum absolute atomic E-state index is 0.621. The molecule has 0 atom stereocenters. The lowest BCUT2D eigenvalue weighted by atomic mass is 9.82. The number of hydrogen-bond acceptors (Lipinski definition) is 5. The number of hydrogen-bond donors (Lipinski definition) is 0. The number of nitrogens with zero attached hydrogens (tertiary/aromatic N) is 3. The van der Waals surface area contributed by atoms with Crippen LogP contribution in [0.4, 0.5) is 0 Å². The second-order valence-corrected chi connectivity index (χ2v) is 17.5. The molecule has 0 saturated heterocycles. The summed E-state index contributed by atoms with van der Waals surface area (Å²) in [6, 6.07) is 75.7. The monoisotopic (exact) mass is 825 g/mol. The molecule has 0 aliphatic heterocycles. The highest BCUT2D eigenvalue weighted by molar-refractivity contribution is 7.26. The number of fused-ring (bicyclic) bond motifs is 6. The van der Waals surface area contributed by atoms with E-state index in [2.05, 4.69) is 212 Å². The van der Waals surface area contributed by atoms with Gasteiger partial charge >= 0.3 is 0 Å². The average Bonchev–Trinajstić information content (AvgIpc) is 3.93. The topological polar surface area (TPSA) is 38.7 Å². The maximum Gasteiger partial charge on any atom is 0.165 e. The van der Waals surface area contributed by atoms with Gasteiger partial charge in [-0.05, 0) is 69.3 Å². The summed E-state index contributed by atoms with van der Waals surface area (Å²) in [5.74, 6) is 1.92. The third-order valence-electron chi connectivity index (χ3n) is 11.8. The molecule has 0 fully saturated rings. The normalized spacial score (nSPS) is 11.5. The van der Waals surface area contributed by atoms with Crippen molar-refractivity contribution in [3.8, 4) is 78.7 Å². The second kappa shape index (κ2) is 15.2. The molecular formula is C57H35N3S2. The van der Waals surface area contributed by atoms with Gasteiger partial charge in [0, 0.05) is 62.6 Å². The van der Waals surface area contributed by atoms with Gasteiger partial charge in [0.15, 0.2) is 17.5 Å². The highest BCUT2D eigenvalue weighted by Crippen LogP contribution is 2.49. The Balaban J connectivity index is 1.21. The van der Waals surface area contributed by atoms with Crippen molar-refractivity contribution < 1.29 is 0 Å². The molecule has 0 spiro atoms. The highest BCUT2D eigenvalue weighted by atomic mass is 32.1. The van der Waals surface area contributed by atoms with E-state index in [-0.39, 0.29) is 0 Å². The van der Waals surface area contributed by atoms with Crippen molar-refractivity contribution >= 4 is 63.0 Å². The molecule has 5 heteroatoms. The van der Waals surface area contributed by atoms with Crippen LogP contribution in [0.2, 0.25) is 0 Å². The fraction of sp³-hybridized carbons (Fsp3) is 0. The predicted octanol–water partition coefficient (Wildman–Crippen LogP) is 16.3. The van der Waals surface area contributed by atoms with Crippen LogP contribution in [0.5, 0.6) is 0 Å². The summed E-state index contributed by atoms with van der Waals surface area (Å²) >= 11 is 3.59. The van der Waals surface area contributed by atoms with Gasteiger partial charge in [0.25, 0.3) is 0 Å². The van der Waals surface area contributed by atoms with Gasteiger partial charge < -0.3 is 0 Å². The minimum atomic E-state index is 0.621. The third kappa shape index (κ3) is 6.13. The van der Waals surface area contributed by atoms with Gasteiger partial charge in [-0.2, -0.15) is 0 Å². The van der Waals surface area contributed by atoms with Gasteiger partial charge in [-0.15, -0.1) is 22.7 Å². The molecule has 0 bridgehead atoms. The van der Waals surface area contributed by atoms with Crippen LogP contribution >= 0.6 is 22.7 Å². The van der Waals surface area contributed by atoms with Crippen molar-refractivity contribution in [2.24, 2.45) is 0 Å². The van der Waals surface area contributed by atoms with Crippen LogP contribution in [0.15, 0.2) is 212 Å². The lowest BCUT2D eigenvalue weighted by Gasteiger charge is -2.22. The maximum atomic E-state index is 5.56. The molecule has 0 radical (unpaired) electrons. The third-order valence-corrected chi connectivity index (χ3v) is 14.2. The van der Waals surface area contributed by atoms with E-state index in [4.69, 9.17) is 15.0 Å². The first-order valence-electron chi connectivity index (χ1n) is 20.8. The standard InChI is InChI=1S/C57H35N3S2/c1-4-18-36(19-5-1)39-24-10-11-27-43(39)52-46(35-34-40(37-20-6-2-7-21-37)51(52)38-22-8-3-9-23-38)55-58-56(47-30-16-28-44-41-25-12-14-32-49(41)61-53(44)47)60-57(59-55)48-31-17-29-45-42-26-13-15-33-50(42)62-54(45)48/h1-35H. The molecule has 12 rings (SSSR count). The number of benzene rings is 9. The lowest BCUT2D eigenvalue weighted by Crippen LogP contribution is -2.03. The Morgan fingerprint density at radius 3 is 1.18 bits per heavy atom. The molecule has 0 amide bonds. The second-order valence-electron chi connectivity index (χ2n) is 15.4. The van der Waals surface area contributed by atoms with E-state index in [0.29, 0.717) is 17.5 Å². The fourth-order valence-electron chi connectivity index (χ4n) is 8.99. The number of aromatic nitrogens is 3. The van der Waals surface area contributed by atoms with Gasteiger partial charge in [-0.3, -0.25) is 0 Å². The molecule has 0 saturated carbocycles. The van der Waals surface area contributed by atoms with Crippen molar-refractivity contribution in [3.63, 3.8) is 0 Å². The van der Waals surface area contributed by atoms with E-state index in [1.807, 2.05) is 0 Å². The zero-order chi connectivity index (χ0) is 41.0. The van der Waals surface area contributed by atoms with Crippen LogP contribution < -0.4 is 0 Å². The fourth-order valence-corrected chi connectivity index (χ4v) is 11.4. The smallest absolute Gasteiger partial charge is 0.165 e. The van der Waals surface area contributed by atoms with Crippen LogP contribution in [-0.4, -0.2) is 15.0 Å². The SMILES string of the molecule is c1ccc(-c2ccccc2-c2c(-c3nc(-c4cccc5c4sc4ccccc45)nc(-c4cccc5c4sc4ccccc45)n3)ccc(-c3ccccc3)c2-c2ccccc2)cc1. The first-order valence-corrected chi connectivity index (χ1v) is 22.4. The van der Waals surface area contributed by atoms with Crippen LogP contribution in [0.1, 0.15) is 0 Å². The Morgan fingerprint density at radius 1 is 0.242 bits per heavy atom. The average molecular weight is 826 g/mol. The first-order chi connectivity index (χ1) is 30.8. The van der Waals surface area contributed by atoms with E-state index < -0.39 is 0 Å². The zero-order valence-corrected chi connectivity index (χ0v) is 35.0. The Bertz CT molecular complexity index is 3500. The summed E-state index contributed by atoms with van der Waals surface area (Å²) in [4.78, 5) is 16.6. The van der Waals surface area contributed by atoms with Crippen molar-refractivity contribution in [2.75, 3.05) is 0 Å². The quantitative estimate of drug-likeness (QED) is 0.161. The molecule has 62 heavy (non-hydrogen) atoms. The predicted molar refractivity (Wildman–Crippen MR) is 264 cm³/mol. The van der Waals surface area contributed by atoms with Gasteiger partial charge in [-0.1, -0.05) is 182 Å². The Hall–Kier alpha value is -7.57. The molecule has 0 aliphatic rings. The summed E-state index contributed by atoms with van der Waals surface area (Å²) in [5, 5.41) is 4.88.